The third-order valence-corrected chi connectivity index (χ3v) is 5.44. The fourth-order valence-corrected chi connectivity index (χ4v) is 3.16. The second-order valence-electron chi connectivity index (χ2n) is 5.41. The topological polar surface area (TPSA) is 96.8 Å². The number of nitrogens with zero attached hydrogens (tertiary/aromatic N) is 2. The van der Waals surface area contributed by atoms with Crippen LogP contribution in [0.4, 0.5) is 0 Å². The maximum atomic E-state index is 12.3. The zero-order valence-electron chi connectivity index (χ0n) is 13.9. The SMILES string of the molecule is Cc1ncc(S(=O)(=O)N(C)C)cc1-c1cc(Cl)ccc1OCC(=O)O. The molecule has 7 nitrogen and oxygen atoms in total. The molecule has 0 spiro atoms. The predicted molar refractivity (Wildman–Crippen MR) is 93.4 cm³/mol. The molecule has 0 atom stereocenters. The molecule has 1 aromatic heterocycles. The second kappa shape index (κ2) is 7.38. The van der Waals surface area contributed by atoms with E-state index < -0.39 is 22.6 Å². The largest absolute Gasteiger partial charge is 0.481 e. The summed E-state index contributed by atoms with van der Waals surface area (Å²) in [5, 5.41) is 9.21. The highest BCUT2D eigenvalue weighted by atomic mass is 35.5. The van der Waals surface area contributed by atoms with E-state index in [-0.39, 0.29) is 10.6 Å². The van der Waals surface area contributed by atoms with Gasteiger partial charge in [-0.15, -0.1) is 0 Å². The first-order valence-electron chi connectivity index (χ1n) is 7.16. The normalized spacial score (nSPS) is 11.6. The van der Waals surface area contributed by atoms with Crippen LogP contribution in [-0.4, -0.2) is 49.5 Å². The van der Waals surface area contributed by atoms with E-state index >= 15 is 0 Å². The zero-order valence-corrected chi connectivity index (χ0v) is 15.4. The Hall–Kier alpha value is -2.16. The zero-order chi connectivity index (χ0) is 18.8. The van der Waals surface area contributed by atoms with Gasteiger partial charge in [0.2, 0.25) is 10.0 Å². The maximum absolute atomic E-state index is 12.3. The average molecular weight is 385 g/mol. The van der Waals surface area contributed by atoms with Crippen LogP contribution in [0.1, 0.15) is 5.69 Å². The van der Waals surface area contributed by atoms with Gasteiger partial charge >= 0.3 is 5.97 Å². The standard InChI is InChI=1S/C16H17ClN2O5S/c1-10-13(7-12(8-18-10)25(22,23)19(2)3)14-6-11(17)4-5-15(14)24-9-16(20)21/h4-8H,9H2,1-3H3,(H,20,21). The summed E-state index contributed by atoms with van der Waals surface area (Å²) in [6.07, 6.45) is 1.27. The number of ether oxygens (including phenoxy) is 1. The number of hydrogen-bond donors (Lipinski definition) is 1. The molecule has 0 radical (unpaired) electrons. The Kier molecular flexibility index (Phi) is 5.66. The van der Waals surface area contributed by atoms with Crippen molar-refractivity contribution in [3.63, 3.8) is 0 Å². The van der Waals surface area contributed by atoms with Gasteiger partial charge in [0, 0.05) is 42.1 Å². The molecule has 0 saturated carbocycles. The third kappa shape index (κ3) is 4.28. The van der Waals surface area contributed by atoms with E-state index in [1.54, 1.807) is 19.1 Å². The van der Waals surface area contributed by atoms with Gasteiger partial charge in [0.05, 0.1) is 0 Å². The summed E-state index contributed by atoms with van der Waals surface area (Å²) in [6.45, 7) is 1.18. The lowest BCUT2D eigenvalue weighted by Gasteiger charge is -2.15. The van der Waals surface area contributed by atoms with Crippen LogP contribution in [-0.2, 0) is 14.8 Å². The number of aromatic nitrogens is 1. The quantitative estimate of drug-likeness (QED) is 0.821. The van der Waals surface area contributed by atoms with Gasteiger partial charge in [0.1, 0.15) is 10.6 Å². The second-order valence-corrected chi connectivity index (χ2v) is 8.00. The Balaban J connectivity index is 2.62. The van der Waals surface area contributed by atoms with E-state index in [0.29, 0.717) is 21.8 Å². The van der Waals surface area contributed by atoms with Crippen molar-refractivity contribution in [1.82, 2.24) is 9.29 Å². The van der Waals surface area contributed by atoms with Gasteiger partial charge in [-0.25, -0.2) is 17.5 Å². The molecule has 1 heterocycles. The number of benzene rings is 1. The minimum absolute atomic E-state index is 0.0160. The van der Waals surface area contributed by atoms with E-state index in [1.165, 1.54) is 32.4 Å². The molecule has 134 valence electrons. The number of carboxylic acids is 1. The number of pyridine rings is 1. The van der Waals surface area contributed by atoms with E-state index in [9.17, 15) is 13.2 Å². The van der Waals surface area contributed by atoms with Gasteiger partial charge in [-0.05, 0) is 31.2 Å². The molecule has 0 bridgehead atoms. The first kappa shape index (κ1) is 19.2. The lowest BCUT2D eigenvalue weighted by Crippen LogP contribution is -2.22. The molecule has 25 heavy (non-hydrogen) atoms. The number of rotatable bonds is 6. The van der Waals surface area contributed by atoms with Crippen molar-refractivity contribution in [2.24, 2.45) is 0 Å². The summed E-state index contributed by atoms with van der Waals surface area (Å²) in [4.78, 5) is 14.9. The van der Waals surface area contributed by atoms with Gasteiger partial charge in [-0.1, -0.05) is 11.6 Å². The molecule has 0 fully saturated rings. The van der Waals surface area contributed by atoms with Crippen molar-refractivity contribution in [1.29, 1.82) is 0 Å². The van der Waals surface area contributed by atoms with Gasteiger partial charge in [-0.2, -0.15) is 0 Å². The molecule has 0 amide bonds. The molecule has 1 N–H and O–H groups in total. The highest BCUT2D eigenvalue weighted by Gasteiger charge is 2.21. The molecule has 0 aliphatic carbocycles. The van der Waals surface area contributed by atoms with Crippen molar-refractivity contribution in [2.45, 2.75) is 11.8 Å². The fraction of sp³-hybridized carbons (Fsp3) is 0.250. The van der Waals surface area contributed by atoms with Crippen molar-refractivity contribution in [3.8, 4) is 16.9 Å². The van der Waals surface area contributed by atoms with Gasteiger partial charge < -0.3 is 9.84 Å². The Labute approximate surface area is 150 Å². The molecular weight excluding hydrogens is 368 g/mol. The monoisotopic (exact) mass is 384 g/mol. The van der Waals surface area contributed by atoms with Gasteiger partial charge in [0.25, 0.3) is 0 Å². The summed E-state index contributed by atoms with van der Waals surface area (Å²) in [5.41, 5.74) is 1.51. The van der Waals surface area contributed by atoms with Crippen LogP contribution in [0.15, 0.2) is 35.4 Å². The summed E-state index contributed by atoms with van der Waals surface area (Å²) in [5.74, 6) is -0.851. The highest BCUT2D eigenvalue weighted by molar-refractivity contribution is 7.89. The summed E-state index contributed by atoms with van der Waals surface area (Å²) >= 11 is 6.04. The van der Waals surface area contributed by atoms with Crippen LogP contribution in [0, 0.1) is 6.92 Å². The predicted octanol–water partition coefficient (Wildman–Crippen LogP) is 2.42. The van der Waals surface area contributed by atoms with Crippen molar-refractivity contribution in [2.75, 3.05) is 20.7 Å². The third-order valence-electron chi connectivity index (χ3n) is 3.42. The molecule has 0 unspecified atom stereocenters. The van der Waals surface area contributed by atoms with E-state index in [0.717, 1.165) is 4.31 Å². The molecular formula is C16H17ClN2O5S. The maximum Gasteiger partial charge on any atom is 0.341 e. The fourth-order valence-electron chi connectivity index (χ4n) is 2.12. The Morgan fingerprint density at radius 3 is 2.56 bits per heavy atom. The van der Waals surface area contributed by atoms with Crippen LogP contribution >= 0.6 is 11.6 Å². The minimum Gasteiger partial charge on any atom is -0.481 e. The van der Waals surface area contributed by atoms with Crippen LogP contribution in [0.3, 0.4) is 0 Å². The molecule has 1 aromatic carbocycles. The van der Waals surface area contributed by atoms with Gasteiger partial charge in [-0.3, -0.25) is 4.98 Å². The van der Waals surface area contributed by atoms with Crippen LogP contribution in [0.5, 0.6) is 5.75 Å². The smallest absolute Gasteiger partial charge is 0.341 e. The summed E-state index contributed by atoms with van der Waals surface area (Å²) in [7, 11) is -0.817. The number of aryl methyl sites for hydroxylation is 1. The Morgan fingerprint density at radius 1 is 1.28 bits per heavy atom. The Bertz CT molecular complexity index is 913. The van der Waals surface area contributed by atoms with Crippen molar-refractivity contribution >= 4 is 27.6 Å². The lowest BCUT2D eigenvalue weighted by molar-refractivity contribution is -0.139. The van der Waals surface area contributed by atoms with E-state index in [1.807, 2.05) is 0 Å². The number of carboxylic acid groups (broad SMARTS) is 1. The molecule has 0 aliphatic heterocycles. The van der Waals surface area contributed by atoms with Crippen LogP contribution in [0.25, 0.3) is 11.1 Å². The number of hydrogen-bond acceptors (Lipinski definition) is 5. The first-order valence-corrected chi connectivity index (χ1v) is 8.98. The molecule has 2 rings (SSSR count). The lowest BCUT2D eigenvalue weighted by atomic mass is 10.0. The highest BCUT2D eigenvalue weighted by Crippen LogP contribution is 2.35. The number of aliphatic carboxylic acids is 1. The van der Waals surface area contributed by atoms with Crippen molar-refractivity contribution in [3.05, 3.63) is 41.2 Å². The number of sulfonamides is 1. The van der Waals surface area contributed by atoms with Gasteiger partial charge in [0.15, 0.2) is 6.61 Å². The number of halogens is 1. The summed E-state index contributed by atoms with van der Waals surface area (Å²) in [6, 6.07) is 6.14. The molecule has 2 aromatic rings. The minimum atomic E-state index is -3.67. The van der Waals surface area contributed by atoms with Crippen LogP contribution in [0.2, 0.25) is 5.02 Å². The molecule has 0 saturated heterocycles. The summed E-state index contributed by atoms with van der Waals surface area (Å²) < 4.78 is 31.1. The molecule has 9 heteroatoms. The van der Waals surface area contributed by atoms with E-state index in [4.69, 9.17) is 21.4 Å². The Morgan fingerprint density at radius 2 is 1.96 bits per heavy atom. The molecule has 0 aliphatic rings. The van der Waals surface area contributed by atoms with Crippen LogP contribution < -0.4 is 4.74 Å². The number of carbonyl (C=O) groups is 1. The van der Waals surface area contributed by atoms with E-state index in [2.05, 4.69) is 4.98 Å². The van der Waals surface area contributed by atoms with Crippen molar-refractivity contribution < 1.29 is 23.1 Å². The average Bonchev–Trinajstić information content (AvgIpc) is 2.53. The first-order chi connectivity index (χ1) is 11.6.